The highest BCUT2D eigenvalue weighted by molar-refractivity contribution is 7.89. The molecule has 0 bridgehead atoms. The zero-order chi connectivity index (χ0) is 19.6. The molecule has 2 amide bonds. The summed E-state index contributed by atoms with van der Waals surface area (Å²) >= 11 is 0. The molecule has 0 atom stereocenters. The first-order valence-corrected chi connectivity index (χ1v) is 10.5. The van der Waals surface area contributed by atoms with Crippen LogP contribution in [0.1, 0.15) is 22.8 Å². The quantitative estimate of drug-likeness (QED) is 0.736. The number of hydrogen-bond donors (Lipinski definition) is 0. The first kappa shape index (κ1) is 19.8. The van der Waals surface area contributed by atoms with Crippen molar-refractivity contribution in [3.63, 3.8) is 0 Å². The van der Waals surface area contributed by atoms with Gasteiger partial charge in [-0.15, -0.1) is 0 Å². The maximum absolute atomic E-state index is 12.9. The van der Waals surface area contributed by atoms with Gasteiger partial charge >= 0.3 is 0 Å². The molecule has 2 heterocycles. The summed E-state index contributed by atoms with van der Waals surface area (Å²) in [5.41, 5.74) is 1.12. The Morgan fingerprint density at radius 1 is 0.963 bits per heavy atom. The first-order valence-electron chi connectivity index (χ1n) is 9.04. The third-order valence-corrected chi connectivity index (χ3v) is 6.95. The highest BCUT2D eigenvalue weighted by Gasteiger charge is 2.29. The van der Waals surface area contributed by atoms with Crippen LogP contribution in [0, 0.1) is 6.92 Å². The normalized spacial score (nSPS) is 19.2. The van der Waals surface area contributed by atoms with E-state index >= 15 is 0 Å². The van der Waals surface area contributed by atoms with Gasteiger partial charge in [-0.3, -0.25) is 9.59 Å². The number of hydrogen-bond acceptors (Lipinski definition) is 5. The van der Waals surface area contributed by atoms with Gasteiger partial charge in [-0.25, -0.2) is 8.42 Å². The summed E-state index contributed by atoms with van der Waals surface area (Å²) in [7, 11) is -3.66. The van der Waals surface area contributed by atoms with Gasteiger partial charge in [0.15, 0.2) is 0 Å². The van der Waals surface area contributed by atoms with Gasteiger partial charge in [0.2, 0.25) is 15.9 Å². The number of sulfonamides is 1. The number of aryl methyl sites for hydroxylation is 1. The smallest absolute Gasteiger partial charge is 0.254 e. The lowest BCUT2D eigenvalue weighted by molar-refractivity contribution is -0.130. The lowest BCUT2D eigenvalue weighted by atomic mass is 10.1. The molecule has 27 heavy (non-hydrogen) atoms. The molecule has 8 nitrogen and oxygen atoms in total. The maximum Gasteiger partial charge on any atom is 0.254 e. The highest BCUT2D eigenvalue weighted by atomic mass is 32.2. The Labute approximate surface area is 159 Å². The van der Waals surface area contributed by atoms with Crippen molar-refractivity contribution < 1.29 is 22.7 Å². The van der Waals surface area contributed by atoms with Crippen LogP contribution in [0.4, 0.5) is 0 Å². The maximum atomic E-state index is 12.9. The molecule has 0 saturated carbocycles. The fraction of sp³-hybridized carbons (Fsp3) is 0.556. The van der Waals surface area contributed by atoms with Crippen LogP contribution in [0.5, 0.6) is 0 Å². The van der Waals surface area contributed by atoms with E-state index in [9.17, 15) is 18.0 Å². The van der Waals surface area contributed by atoms with E-state index in [0.29, 0.717) is 58.0 Å². The monoisotopic (exact) mass is 395 g/mol. The minimum Gasteiger partial charge on any atom is -0.379 e. The van der Waals surface area contributed by atoms with Crippen molar-refractivity contribution in [1.82, 2.24) is 14.1 Å². The lowest BCUT2D eigenvalue weighted by Crippen LogP contribution is -2.50. The number of amides is 2. The van der Waals surface area contributed by atoms with Crippen LogP contribution in [0.25, 0.3) is 0 Å². The first-order chi connectivity index (χ1) is 12.8. The van der Waals surface area contributed by atoms with Gasteiger partial charge in [0.25, 0.3) is 5.91 Å². The Morgan fingerprint density at radius 3 is 2.15 bits per heavy atom. The van der Waals surface area contributed by atoms with Crippen LogP contribution in [-0.4, -0.2) is 86.8 Å². The van der Waals surface area contributed by atoms with Gasteiger partial charge in [0, 0.05) is 51.8 Å². The fourth-order valence-corrected chi connectivity index (χ4v) is 4.76. The number of nitrogens with zero attached hydrogens (tertiary/aromatic N) is 3. The average molecular weight is 395 g/mol. The number of morpholine rings is 1. The molecule has 0 aliphatic carbocycles. The summed E-state index contributed by atoms with van der Waals surface area (Å²) in [6, 6.07) is 4.69. The third-order valence-electron chi connectivity index (χ3n) is 5.06. The molecule has 2 fully saturated rings. The van der Waals surface area contributed by atoms with E-state index in [0.717, 1.165) is 5.56 Å². The van der Waals surface area contributed by atoms with Crippen LogP contribution in [0.15, 0.2) is 23.1 Å². The number of piperazine rings is 1. The molecule has 1 aromatic carbocycles. The van der Waals surface area contributed by atoms with Gasteiger partial charge in [-0.05, 0) is 24.6 Å². The third kappa shape index (κ3) is 4.15. The Hall–Kier alpha value is -1.97. The van der Waals surface area contributed by atoms with E-state index in [1.165, 1.54) is 17.3 Å². The second-order valence-electron chi connectivity index (χ2n) is 6.79. The number of carbonyl (C=O) groups excluding carboxylic acids is 2. The van der Waals surface area contributed by atoms with Crippen molar-refractivity contribution in [2.45, 2.75) is 18.7 Å². The fourth-order valence-electron chi connectivity index (χ4n) is 3.32. The van der Waals surface area contributed by atoms with Crippen LogP contribution in [0.3, 0.4) is 0 Å². The topological polar surface area (TPSA) is 87.2 Å². The van der Waals surface area contributed by atoms with Crippen LogP contribution in [-0.2, 0) is 19.6 Å². The standard InChI is InChI=1S/C18H25N3O5S/c1-14-3-4-16(27(24,25)21-9-11-26-12-10-21)13-17(14)18(23)20-7-5-19(6-8-20)15(2)22/h3-4,13H,5-12H2,1-2H3. The molecule has 9 heteroatoms. The number of rotatable bonds is 3. The van der Waals surface area contributed by atoms with Crippen molar-refractivity contribution in [1.29, 1.82) is 0 Å². The zero-order valence-corrected chi connectivity index (χ0v) is 16.5. The van der Waals surface area contributed by atoms with Crippen LogP contribution < -0.4 is 0 Å². The van der Waals surface area contributed by atoms with E-state index in [1.54, 1.807) is 28.9 Å². The Morgan fingerprint density at radius 2 is 1.56 bits per heavy atom. The summed E-state index contributed by atoms with van der Waals surface area (Å²) in [6.07, 6.45) is 0. The molecular weight excluding hydrogens is 370 g/mol. The summed E-state index contributed by atoms with van der Waals surface area (Å²) < 4.78 is 32.3. The van der Waals surface area contributed by atoms with E-state index in [-0.39, 0.29) is 16.7 Å². The SMILES string of the molecule is CC(=O)N1CCN(C(=O)c2cc(S(=O)(=O)N3CCOCC3)ccc2C)CC1. The van der Waals surface area contributed by atoms with E-state index in [1.807, 2.05) is 0 Å². The number of carbonyl (C=O) groups is 2. The van der Waals surface area contributed by atoms with Crippen LogP contribution >= 0.6 is 0 Å². The van der Waals surface area contributed by atoms with Crippen molar-refractivity contribution in [2.24, 2.45) is 0 Å². The summed E-state index contributed by atoms with van der Waals surface area (Å²) in [5, 5.41) is 0. The molecule has 0 spiro atoms. The second kappa shape index (κ2) is 7.95. The minimum atomic E-state index is -3.66. The molecule has 2 saturated heterocycles. The van der Waals surface area contributed by atoms with Gasteiger partial charge in [-0.2, -0.15) is 4.31 Å². The van der Waals surface area contributed by atoms with Crippen molar-refractivity contribution in [2.75, 3.05) is 52.5 Å². The number of ether oxygens (including phenoxy) is 1. The molecule has 0 unspecified atom stereocenters. The predicted octanol–water partition coefficient (Wildman–Crippen LogP) is 0.320. The molecule has 2 aliphatic heterocycles. The average Bonchev–Trinajstić information content (AvgIpc) is 2.68. The van der Waals surface area contributed by atoms with Crippen LogP contribution in [0.2, 0.25) is 0 Å². The van der Waals surface area contributed by atoms with E-state index in [2.05, 4.69) is 0 Å². The van der Waals surface area contributed by atoms with E-state index in [4.69, 9.17) is 4.74 Å². The Balaban J connectivity index is 1.81. The molecule has 0 aromatic heterocycles. The Kier molecular flexibility index (Phi) is 5.83. The summed E-state index contributed by atoms with van der Waals surface area (Å²) in [5.74, 6) is -0.202. The molecule has 148 valence electrons. The lowest BCUT2D eigenvalue weighted by Gasteiger charge is -2.34. The molecule has 0 radical (unpaired) electrons. The predicted molar refractivity (Wildman–Crippen MR) is 98.9 cm³/mol. The van der Waals surface area contributed by atoms with Crippen molar-refractivity contribution in [3.05, 3.63) is 29.3 Å². The zero-order valence-electron chi connectivity index (χ0n) is 15.7. The highest BCUT2D eigenvalue weighted by Crippen LogP contribution is 2.22. The largest absolute Gasteiger partial charge is 0.379 e. The summed E-state index contributed by atoms with van der Waals surface area (Å²) in [6.45, 7) is 6.55. The van der Waals surface area contributed by atoms with Crippen molar-refractivity contribution >= 4 is 21.8 Å². The van der Waals surface area contributed by atoms with Gasteiger partial charge < -0.3 is 14.5 Å². The summed E-state index contributed by atoms with van der Waals surface area (Å²) in [4.78, 5) is 27.9. The molecule has 0 N–H and O–H groups in total. The molecule has 3 rings (SSSR count). The van der Waals surface area contributed by atoms with Gasteiger partial charge in [0.05, 0.1) is 18.1 Å². The van der Waals surface area contributed by atoms with Crippen molar-refractivity contribution in [3.8, 4) is 0 Å². The van der Waals surface area contributed by atoms with E-state index < -0.39 is 10.0 Å². The molecule has 2 aliphatic rings. The minimum absolute atomic E-state index is 0.00289. The number of benzene rings is 1. The Bertz CT molecular complexity index is 825. The van der Waals surface area contributed by atoms with Gasteiger partial charge in [0.1, 0.15) is 0 Å². The second-order valence-corrected chi connectivity index (χ2v) is 8.73. The molecule has 1 aromatic rings. The molecular formula is C18H25N3O5S. The van der Waals surface area contributed by atoms with Gasteiger partial charge in [-0.1, -0.05) is 6.07 Å².